The summed E-state index contributed by atoms with van der Waals surface area (Å²) in [5, 5.41) is 9.01. The second kappa shape index (κ2) is 7.53. The molecule has 0 aliphatic rings. The van der Waals surface area contributed by atoms with Crippen molar-refractivity contribution in [3.63, 3.8) is 0 Å². The molecule has 0 aliphatic heterocycles. The lowest BCUT2D eigenvalue weighted by Crippen LogP contribution is -2.36. The Morgan fingerprint density at radius 3 is 2.52 bits per heavy atom. The Morgan fingerprint density at radius 2 is 2.00 bits per heavy atom. The van der Waals surface area contributed by atoms with Crippen LogP contribution in [0.25, 0.3) is 0 Å². The smallest absolute Gasteiger partial charge is 0.246 e. The molecule has 0 radical (unpaired) electrons. The third-order valence-electron chi connectivity index (χ3n) is 3.25. The summed E-state index contributed by atoms with van der Waals surface area (Å²) in [4.78, 5) is -0.745. The van der Waals surface area contributed by atoms with Gasteiger partial charge < -0.3 is 5.11 Å². The van der Waals surface area contributed by atoms with Crippen molar-refractivity contribution >= 4 is 21.8 Å². The van der Waals surface area contributed by atoms with Gasteiger partial charge in [0.1, 0.15) is 4.90 Å². The zero-order valence-electron chi connectivity index (χ0n) is 12.1. The first-order valence-corrected chi connectivity index (χ1v) is 9.14. The van der Waals surface area contributed by atoms with Gasteiger partial charge in [-0.1, -0.05) is 0 Å². The second-order valence-corrected chi connectivity index (χ2v) is 7.65. The van der Waals surface area contributed by atoms with Gasteiger partial charge in [0.05, 0.1) is 6.61 Å². The van der Waals surface area contributed by atoms with Crippen LogP contribution in [0.5, 0.6) is 0 Å². The summed E-state index contributed by atoms with van der Waals surface area (Å²) in [6, 6.07) is 1.40. The van der Waals surface area contributed by atoms with E-state index in [2.05, 4.69) is 0 Å². The first-order valence-electron chi connectivity index (χ1n) is 6.31. The van der Waals surface area contributed by atoms with Crippen LogP contribution in [0.2, 0.25) is 0 Å². The molecule has 4 nitrogen and oxygen atoms in total. The SMILES string of the molecule is CSCCC(C)N(C)S(=O)(=O)c1cc(CO)cc(F)c1F. The maximum atomic E-state index is 13.8. The van der Waals surface area contributed by atoms with Gasteiger partial charge in [-0.05, 0) is 43.0 Å². The molecule has 0 heterocycles. The van der Waals surface area contributed by atoms with E-state index in [1.54, 1.807) is 18.7 Å². The van der Waals surface area contributed by atoms with Gasteiger partial charge in [-0.3, -0.25) is 0 Å². The summed E-state index contributed by atoms with van der Waals surface area (Å²) in [7, 11) is -2.82. The normalized spacial score (nSPS) is 13.7. The zero-order chi connectivity index (χ0) is 16.2. The van der Waals surface area contributed by atoms with Gasteiger partial charge in [-0.25, -0.2) is 17.2 Å². The average Bonchev–Trinajstić information content (AvgIpc) is 2.46. The third kappa shape index (κ3) is 4.15. The van der Waals surface area contributed by atoms with Crippen molar-refractivity contribution in [2.45, 2.75) is 30.9 Å². The van der Waals surface area contributed by atoms with E-state index in [0.29, 0.717) is 6.42 Å². The molecule has 1 atom stereocenters. The molecule has 1 unspecified atom stereocenters. The Balaban J connectivity index is 3.21. The lowest BCUT2D eigenvalue weighted by atomic mass is 10.2. The molecule has 0 saturated heterocycles. The van der Waals surface area contributed by atoms with Crippen LogP contribution in [0.3, 0.4) is 0 Å². The van der Waals surface area contributed by atoms with Crippen molar-refractivity contribution in [1.82, 2.24) is 4.31 Å². The standard InChI is InChI=1S/C13H19F2NO3S2/c1-9(4-5-20-3)16(2)21(18,19)12-7-10(8-17)6-11(14)13(12)15/h6-7,9,17H,4-5,8H2,1-3H3. The van der Waals surface area contributed by atoms with Gasteiger partial charge in [-0.2, -0.15) is 16.1 Å². The Kier molecular flexibility index (Phi) is 6.58. The number of rotatable bonds is 7. The summed E-state index contributed by atoms with van der Waals surface area (Å²) in [5.41, 5.74) is 0.0117. The van der Waals surface area contributed by atoms with Crippen molar-refractivity contribution in [1.29, 1.82) is 0 Å². The minimum absolute atomic E-state index is 0.0117. The first-order chi connectivity index (χ1) is 9.75. The maximum absolute atomic E-state index is 13.8. The Bertz CT molecular complexity index is 593. The molecule has 0 saturated carbocycles. The summed E-state index contributed by atoms with van der Waals surface area (Å²) in [6.45, 7) is 1.14. The van der Waals surface area contributed by atoms with E-state index < -0.39 is 33.2 Å². The van der Waals surface area contributed by atoms with Crippen LogP contribution in [0, 0.1) is 11.6 Å². The lowest BCUT2D eigenvalue weighted by molar-refractivity contribution is 0.280. The number of halogens is 2. The molecule has 0 aromatic heterocycles. The fourth-order valence-corrected chi connectivity index (χ4v) is 3.85. The number of sulfonamides is 1. The van der Waals surface area contributed by atoms with E-state index in [9.17, 15) is 17.2 Å². The van der Waals surface area contributed by atoms with E-state index >= 15 is 0 Å². The molecule has 0 fully saturated rings. The number of hydrogen-bond acceptors (Lipinski definition) is 4. The number of aliphatic hydroxyl groups excluding tert-OH is 1. The predicted octanol–water partition coefficient (Wildman–Crippen LogP) is 2.22. The Hall–Kier alpha value is -0.700. The van der Waals surface area contributed by atoms with Crippen LogP contribution in [0.15, 0.2) is 17.0 Å². The van der Waals surface area contributed by atoms with Gasteiger partial charge in [0.2, 0.25) is 10.0 Å². The highest BCUT2D eigenvalue weighted by Crippen LogP contribution is 2.24. The highest BCUT2D eigenvalue weighted by Gasteiger charge is 2.29. The van der Waals surface area contributed by atoms with E-state index in [1.165, 1.54) is 7.05 Å². The van der Waals surface area contributed by atoms with Crippen LogP contribution in [0.1, 0.15) is 18.9 Å². The molecular formula is C13H19F2NO3S2. The van der Waals surface area contributed by atoms with E-state index in [1.807, 2.05) is 6.26 Å². The number of aliphatic hydroxyl groups is 1. The molecule has 1 aromatic carbocycles. The van der Waals surface area contributed by atoms with Gasteiger partial charge in [-0.15, -0.1) is 0 Å². The summed E-state index contributed by atoms with van der Waals surface area (Å²) < 4.78 is 53.1. The van der Waals surface area contributed by atoms with Gasteiger partial charge in [0.15, 0.2) is 11.6 Å². The number of hydrogen-bond donors (Lipinski definition) is 1. The first kappa shape index (κ1) is 18.3. The van der Waals surface area contributed by atoms with E-state index in [0.717, 1.165) is 22.2 Å². The molecule has 0 amide bonds. The minimum atomic E-state index is -4.16. The fraction of sp³-hybridized carbons (Fsp3) is 0.538. The maximum Gasteiger partial charge on any atom is 0.246 e. The third-order valence-corrected chi connectivity index (χ3v) is 5.87. The van der Waals surface area contributed by atoms with Crippen LogP contribution in [-0.4, -0.2) is 42.9 Å². The molecule has 1 N–H and O–H groups in total. The molecule has 1 aromatic rings. The van der Waals surface area contributed by atoms with Crippen LogP contribution < -0.4 is 0 Å². The van der Waals surface area contributed by atoms with Gasteiger partial charge in [0, 0.05) is 13.1 Å². The number of benzene rings is 1. The Morgan fingerprint density at radius 1 is 1.38 bits per heavy atom. The average molecular weight is 339 g/mol. The minimum Gasteiger partial charge on any atom is -0.392 e. The monoisotopic (exact) mass is 339 g/mol. The number of nitrogens with zero attached hydrogens (tertiary/aromatic N) is 1. The zero-order valence-corrected chi connectivity index (χ0v) is 13.8. The van der Waals surface area contributed by atoms with Gasteiger partial charge in [0.25, 0.3) is 0 Å². The Labute approximate surface area is 128 Å². The molecule has 120 valence electrons. The van der Waals surface area contributed by atoms with E-state index in [-0.39, 0.29) is 11.6 Å². The highest BCUT2D eigenvalue weighted by molar-refractivity contribution is 7.98. The lowest BCUT2D eigenvalue weighted by Gasteiger charge is -2.24. The quantitative estimate of drug-likeness (QED) is 0.828. The van der Waals surface area contributed by atoms with Crippen LogP contribution in [0.4, 0.5) is 8.78 Å². The summed E-state index contributed by atoms with van der Waals surface area (Å²) >= 11 is 1.58. The molecule has 0 bridgehead atoms. The van der Waals surface area contributed by atoms with Crippen molar-refractivity contribution < 1.29 is 22.3 Å². The van der Waals surface area contributed by atoms with Crippen LogP contribution >= 0.6 is 11.8 Å². The summed E-state index contributed by atoms with van der Waals surface area (Å²) in [5.74, 6) is -1.95. The van der Waals surface area contributed by atoms with Crippen LogP contribution in [-0.2, 0) is 16.6 Å². The topological polar surface area (TPSA) is 57.6 Å². The van der Waals surface area contributed by atoms with Gasteiger partial charge >= 0.3 is 0 Å². The summed E-state index contributed by atoms with van der Waals surface area (Å²) in [6.07, 6.45) is 2.50. The van der Waals surface area contributed by atoms with Crippen molar-refractivity contribution in [3.05, 3.63) is 29.3 Å². The van der Waals surface area contributed by atoms with Crippen molar-refractivity contribution in [2.24, 2.45) is 0 Å². The second-order valence-electron chi connectivity index (χ2n) is 4.70. The largest absolute Gasteiger partial charge is 0.392 e. The fourth-order valence-electron chi connectivity index (χ4n) is 1.76. The number of thioether (sulfide) groups is 1. The molecule has 1 rings (SSSR count). The predicted molar refractivity (Wildman–Crippen MR) is 79.7 cm³/mol. The van der Waals surface area contributed by atoms with Crippen molar-refractivity contribution in [3.8, 4) is 0 Å². The molecular weight excluding hydrogens is 320 g/mol. The molecule has 0 spiro atoms. The van der Waals surface area contributed by atoms with E-state index in [4.69, 9.17) is 5.11 Å². The molecule has 21 heavy (non-hydrogen) atoms. The molecule has 8 heteroatoms. The molecule has 0 aliphatic carbocycles. The van der Waals surface area contributed by atoms with Crippen molar-refractivity contribution in [2.75, 3.05) is 19.1 Å². The highest BCUT2D eigenvalue weighted by atomic mass is 32.2.